The molecule has 0 bridgehead atoms. The monoisotopic (exact) mass is 480 g/mol. The maximum Gasteiger partial charge on any atom is 0.330 e. The molecule has 2 aromatic rings. The molecule has 0 saturated carbocycles. The van der Waals surface area contributed by atoms with Crippen molar-refractivity contribution in [3.8, 4) is 17.8 Å². The van der Waals surface area contributed by atoms with Gasteiger partial charge in [0.2, 0.25) is 5.95 Å². The Morgan fingerprint density at radius 2 is 1.91 bits per heavy atom. The zero-order valence-electron chi connectivity index (χ0n) is 18.7. The normalized spacial score (nSPS) is 17.6. The Bertz CT molecular complexity index is 1160. The average molecular weight is 481 g/mol. The molecule has 1 aromatic heterocycles. The van der Waals surface area contributed by atoms with Crippen molar-refractivity contribution >= 4 is 41.2 Å². The molecule has 10 nitrogen and oxygen atoms in total. The van der Waals surface area contributed by atoms with Gasteiger partial charge in [-0.25, -0.2) is 0 Å². The van der Waals surface area contributed by atoms with Gasteiger partial charge in [0.25, 0.3) is 11.8 Å². The number of hydrogen-bond donors (Lipinski definition) is 1. The second-order valence-corrected chi connectivity index (χ2v) is 8.04. The summed E-state index contributed by atoms with van der Waals surface area (Å²) in [6, 6.07) is 7.13. The number of hydrogen-bond acceptors (Lipinski definition) is 9. The van der Waals surface area contributed by atoms with E-state index in [2.05, 4.69) is 31.7 Å². The molecule has 2 aliphatic rings. The number of amides is 2. The second-order valence-electron chi connectivity index (χ2n) is 7.65. The lowest BCUT2D eigenvalue weighted by Crippen LogP contribution is -2.53. The lowest BCUT2D eigenvalue weighted by molar-refractivity contribution is -0.128. The number of thiocarbonyl (C=S) groups is 1. The molecular weight excluding hydrogens is 456 g/mol. The Hall–Kier alpha value is -3.86. The van der Waals surface area contributed by atoms with E-state index >= 15 is 0 Å². The molecule has 0 atom stereocenters. The van der Waals surface area contributed by atoms with E-state index in [0.717, 1.165) is 25.9 Å². The fraction of sp³-hybridized carbons (Fsp3) is 0.304. The van der Waals surface area contributed by atoms with Crippen molar-refractivity contribution in [2.75, 3.05) is 31.6 Å². The molecule has 1 N–H and O–H groups in total. The van der Waals surface area contributed by atoms with Crippen LogP contribution in [-0.2, 0) is 9.59 Å². The fourth-order valence-electron chi connectivity index (χ4n) is 3.63. The zero-order valence-corrected chi connectivity index (χ0v) is 19.5. The van der Waals surface area contributed by atoms with Gasteiger partial charge in [0.15, 0.2) is 5.11 Å². The molecule has 2 fully saturated rings. The third-order valence-electron chi connectivity index (χ3n) is 5.28. The van der Waals surface area contributed by atoms with E-state index in [0.29, 0.717) is 17.3 Å². The third-order valence-corrected chi connectivity index (χ3v) is 5.60. The fourth-order valence-corrected chi connectivity index (χ4v) is 3.88. The summed E-state index contributed by atoms with van der Waals surface area (Å²) in [6.45, 7) is 5.53. The van der Waals surface area contributed by atoms with Crippen LogP contribution in [0.15, 0.2) is 42.5 Å². The molecule has 0 radical (unpaired) electrons. The van der Waals surface area contributed by atoms with Gasteiger partial charge in [0.1, 0.15) is 11.3 Å². The number of carbonyl (C=O) groups is 2. The minimum absolute atomic E-state index is 0.0400. The van der Waals surface area contributed by atoms with E-state index in [-0.39, 0.29) is 29.3 Å². The Balaban J connectivity index is 1.58. The van der Waals surface area contributed by atoms with E-state index in [4.69, 9.17) is 21.7 Å². The first-order valence-electron chi connectivity index (χ1n) is 10.8. The molecule has 11 heteroatoms. The highest BCUT2D eigenvalue weighted by Gasteiger charge is 2.32. The minimum atomic E-state index is -0.560. The molecule has 2 saturated heterocycles. The Morgan fingerprint density at radius 1 is 1.15 bits per heavy atom. The Labute approximate surface area is 202 Å². The lowest BCUT2D eigenvalue weighted by Gasteiger charge is -2.27. The first-order valence-corrected chi connectivity index (χ1v) is 11.2. The molecular formula is C23H24N6O4S. The molecule has 34 heavy (non-hydrogen) atoms. The zero-order chi connectivity index (χ0) is 24.1. The van der Waals surface area contributed by atoms with Gasteiger partial charge in [0.05, 0.1) is 7.11 Å². The van der Waals surface area contributed by atoms with Gasteiger partial charge >= 0.3 is 12.0 Å². The maximum atomic E-state index is 12.8. The summed E-state index contributed by atoms with van der Waals surface area (Å²) in [5.41, 5.74) is 0.543. The predicted octanol–water partition coefficient (Wildman–Crippen LogP) is 2.48. The number of methoxy groups -OCH3 is 1. The van der Waals surface area contributed by atoms with Crippen LogP contribution in [0.25, 0.3) is 6.08 Å². The van der Waals surface area contributed by atoms with Crippen molar-refractivity contribution < 1.29 is 19.1 Å². The van der Waals surface area contributed by atoms with Crippen molar-refractivity contribution in [3.63, 3.8) is 0 Å². The van der Waals surface area contributed by atoms with Crippen LogP contribution in [0.2, 0.25) is 0 Å². The van der Waals surface area contributed by atoms with Crippen LogP contribution in [-0.4, -0.2) is 63.5 Å². The van der Waals surface area contributed by atoms with Crippen LogP contribution in [0.5, 0.6) is 17.8 Å². The highest BCUT2D eigenvalue weighted by molar-refractivity contribution is 7.80. The van der Waals surface area contributed by atoms with Crippen molar-refractivity contribution in [1.29, 1.82) is 0 Å². The molecule has 176 valence electrons. The predicted molar refractivity (Wildman–Crippen MR) is 130 cm³/mol. The molecule has 2 aliphatic heterocycles. The highest BCUT2D eigenvalue weighted by atomic mass is 32.1. The number of rotatable bonds is 7. The largest absolute Gasteiger partial charge is 0.467 e. The lowest BCUT2D eigenvalue weighted by atomic mass is 10.1. The smallest absolute Gasteiger partial charge is 0.330 e. The topological polar surface area (TPSA) is 110 Å². The molecule has 1 aromatic carbocycles. The number of piperidine rings is 1. The number of ether oxygens (including phenoxy) is 2. The first-order chi connectivity index (χ1) is 16.5. The number of carbonyl (C=O) groups excluding carboxylic acids is 2. The van der Waals surface area contributed by atoms with Crippen LogP contribution in [0.4, 0.5) is 5.95 Å². The van der Waals surface area contributed by atoms with E-state index in [1.807, 2.05) is 0 Å². The summed E-state index contributed by atoms with van der Waals surface area (Å²) >= 11 is 5.08. The van der Waals surface area contributed by atoms with E-state index < -0.39 is 11.8 Å². The van der Waals surface area contributed by atoms with Crippen LogP contribution >= 0.6 is 12.2 Å². The van der Waals surface area contributed by atoms with E-state index in [1.165, 1.54) is 30.6 Å². The standard InChI is InChI=1S/C23H24N6O4S/c1-3-10-29-19(31)17(18(30)24-23(29)34)14-15-8-7-9-16(13-15)33-22-26-20(25-21(27-22)32-2)28-11-5-4-6-12-28/h3,7-9,13-14H,1,4-6,10-12H2,2H3,(H,24,30,34)/b17-14+. The second kappa shape index (κ2) is 10.4. The van der Waals surface area contributed by atoms with Crippen LogP contribution in [0, 0.1) is 0 Å². The van der Waals surface area contributed by atoms with Gasteiger partial charge in [-0.15, -0.1) is 11.6 Å². The number of aromatic nitrogens is 3. The third kappa shape index (κ3) is 5.20. The highest BCUT2D eigenvalue weighted by Crippen LogP contribution is 2.25. The Morgan fingerprint density at radius 3 is 2.65 bits per heavy atom. The molecule has 4 rings (SSSR count). The van der Waals surface area contributed by atoms with Crippen LogP contribution in [0.1, 0.15) is 24.8 Å². The maximum absolute atomic E-state index is 12.8. The van der Waals surface area contributed by atoms with E-state index in [9.17, 15) is 9.59 Å². The summed E-state index contributed by atoms with van der Waals surface area (Å²) in [4.78, 5) is 41.5. The first kappa shape index (κ1) is 23.3. The SMILES string of the molecule is C=CCN1C(=O)/C(=C/c2cccc(Oc3nc(OC)nc(N4CCCCC4)n3)c2)C(=O)NC1=S. The van der Waals surface area contributed by atoms with Crippen molar-refractivity contribution in [1.82, 2.24) is 25.2 Å². The van der Waals surface area contributed by atoms with Gasteiger partial charge < -0.3 is 14.4 Å². The molecule has 0 spiro atoms. The summed E-state index contributed by atoms with van der Waals surface area (Å²) in [5.74, 6) is -0.125. The van der Waals surface area contributed by atoms with Gasteiger partial charge in [-0.2, -0.15) is 9.97 Å². The minimum Gasteiger partial charge on any atom is -0.467 e. The summed E-state index contributed by atoms with van der Waals surface area (Å²) < 4.78 is 11.1. The van der Waals surface area contributed by atoms with Crippen LogP contribution < -0.4 is 19.7 Å². The van der Waals surface area contributed by atoms with Gasteiger partial charge in [0, 0.05) is 19.6 Å². The summed E-state index contributed by atoms with van der Waals surface area (Å²) in [6.07, 6.45) is 6.34. The van der Waals surface area contributed by atoms with E-state index in [1.54, 1.807) is 24.3 Å². The molecule has 3 heterocycles. The number of nitrogens with zero attached hydrogens (tertiary/aromatic N) is 5. The van der Waals surface area contributed by atoms with Gasteiger partial charge in [-0.05, 0) is 55.3 Å². The summed E-state index contributed by atoms with van der Waals surface area (Å²) in [7, 11) is 1.49. The van der Waals surface area contributed by atoms with Crippen molar-refractivity contribution in [3.05, 3.63) is 48.1 Å². The van der Waals surface area contributed by atoms with Crippen LogP contribution in [0.3, 0.4) is 0 Å². The molecule has 2 amide bonds. The van der Waals surface area contributed by atoms with Crippen molar-refractivity contribution in [2.24, 2.45) is 0 Å². The molecule has 0 aliphatic carbocycles. The number of nitrogens with one attached hydrogen (secondary N) is 1. The average Bonchev–Trinajstić information content (AvgIpc) is 2.85. The molecule has 0 unspecified atom stereocenters. The number of benzene rings is 1. The van der Waals surface area contributed by atoms with Gasteiger partial charge in [-0.3, -0.25) is 19.8 Å². The quantitative estimate of drug-likeness (QED) is 0.277. The Kier molecular flexibility index (Phi) is 7.12. The summed E-state index contributed by atoms with van der Waals surface area (Å²) in [5, 5.41) is 2.58. The van der Waals surface area contributed by atoms with Crippen molar-refractivity contribution in [2.45, 2.75) is 19.3 Å². The van der Waals surface area contributed by atoms with Gasteiger partial charge in [-0.1, -0.05) is 18.2 Å². The number of anilines is 1.